The zero-order valence-corrected chi connectivity index (χ0v) is 14.8. The number of hydrogen-bond acceptors (Lipinski definition) is 4. The molecule has 5 heteroatoms. The van der Waals surface area contributed by atoms with E-state index in [0.717, 1.165) is 16.1 Å². The summed E-state index contributed by atoms with van der Waals surface area (Å²) in [5.74, 6) is 0.461. The van der Waals surface area contributed by atoms with Crippen LogP contribution < -0.4 is 10.1 Å². The number of benzene rings is 3. The molecule has 4 nitrogen and oxygen atoms in total. The second-order valence-corrected chi connectivity index (χ2v) is 7.09. The fourth-order valence-electron chi connectivity index (χ4n) is 3.40. The molecule has 1 N–H and O–H groups in total. The lowest BCUT2D eigenvalue weighted by Crippen LogP contribution is -2.11. The third-order valence-corrected chi connectivity index (χ3v) is 5.59. The van der Waals surface area contributed by atoms with Crippen LogP contribution in [-0.2, 0) is 0 Å². The number of ether oxygens (including phenoxy) is 1. The Hall–Kier alpha value is -3.18. The van der Waals surface area contributed by atoms with Gasteiger partial charge >= 0.3 is 0 Å². The Kier molecular flexibility index (Phi) is 3.30. The van der Waals surface area contributed by atoms with Crippen LogP contribution >= 0.6 is 11.3 Å². The van der Waals surface area contributed by atoms with Crippen LogP contribution in [0.5, 0.6) is 5.75 Å². The molecule has 0 saturated heterocycles. The van der Waals surface area contributed by atoms with E-state index in [-0.39, 0.29) is 5.91 Å². The monoisotopic (exact) mass is 358 g/mol. The fraction of sp³-hybridized carbons (Fsp3) is 0.0476. The summed E-state index contributed by atoms with van der Waals surface area (Å²) in [6, 6.07) is 19.6. The number of carbonyl (C=O) groups excluding carboxylic acids is 1. The van der Waals surface area contributed by atoms with Crippen molar-refractivity contribution < 1.29 is 9.53 Å². The number of nitrogens with zero attached hydrogens (tertiary/aromatic N) is 1. The normalized spacial score (nSPS) is 11.4. The molecule has 0 spiro atoms. The molecule has 26 heavy (non-hydrogen) atoms. The molecule has 0 bridgehead atoms. The quantitative estimate of drug-likeness (QED) is 0.482. The van der Waals surface area contributed by atoms with E-state index in [1.54, 1.807) is 25.3 Å². The molecule has 1 amide bonds. The summed E-state index contributed by atoms with van der Waals surface area (Å²) in [5.41, 5.74) is 3.81. The third kappa shape index (κ3) is 2.21. The van der Waals surface area contributed by atoms with Crippen molar-refractivity contribution in [3.63, 3.8) is 0 Å². The molecule has 126 valence electrons. The Morgan fingerprint density at radius 1 is 1.04 bits per heavy atom. The van der Waals surface area contributed by atoms with Crippen molar-refractivity contribution in [2.45, 2.75) is 0 Å². The van der Waals surface area contributed by atoms with Crippen LogP contribution in [0.15, 0.2) is 60.7 Å². The van der Waals surface area contributed by atoms with Gasteiger partial charge in [0, 0.05) is 16.7 Å². The average molecular weight is 358 g/mol. The number of methoxy groups -OCH3 is 1. The molecule has 5 rings (SSSR count). The van der Waals surface area contributed by atoms with E-state index in [2.05, 4.69) is 35.6 Å². The standard InChI is InChI=1S/C21H14N2O2S/c1-25-14-8-2-7-13(11-14)20(24)23-21-22-18-15-9-3-5-12-6-4-10-16(17(12)15)19(18)26-21/h2-11H,1H3,(H,22,23,24). The summed E-state index contributed by atoms with van der Waals surface area (Å²) in [4.78, 5) is 18.3. The van der Waals surface area contributed by atoms with Crippen molar-refractivity contribution in [2.75, 3.05) is 12.4 Å². The van der Waals surface area contributed by atoms with Gasteiger partial charge < -0.3 is 4.74 Å². The van der Waals surface area contributed by atoms with Crippen molar-refractivity contribution in [3.8, 4) is 27.4 Å². The molecule has 0 radical (unpaired) electrons. The maximum atomic E-state index is 12.5. The van der Waals surface area contributed by atoms with Gasteiger partial charge in [-0.05, 0) is 29.0 Å². The van der Waals surface area contributed by atoms with E-state index < -0.39 is 0 Å². The molecule has 4 aromatic rings. The molecule has 0 atom stereocenters. The van der Waals surface area contributed by atoms with Gasteiger partial charge in [0.25, 0.3) is 5.91 Å². The lowest BCUT2D eigenvalue weighted by Gasteiger charge is -2.05. The second-order valence-electron chi connectivity index (χ2n) is 6.09. The minimum atomic E-state index is -0.192. The number of amides is 1. The maximum absolute atomic E-state index is 12.5. The summed E-state index contributed by atoms with van der Waals surface area (Å²) in [6.45, 7) is 0. The molecule has 1 heterocycles. The first-order valence-electron chi connectivity index (χ1n) is 8.23. The summed E-state index contributed by atoms with van der Waals surface area (Å²) in [5, 5.41) is 5.98. The highest BCUT2D eigenvalue weighted by Gasteiger charge is 2.26. The number of fused-ring (bicyclic) bond motifs is 3. The Bertz CT molecular complexity index is 1120. The molecule has 1 aliphatic rings. The van der Waals surface area contributed by atoms with E-state index in [1.165, 1.54) is 27.7 Å². The van der Waals surface area contributed by atoms with Gasteiger partial charge in [0.2, 0.25) is 0 Å². The van der Waals surface area contributed by atoms with Gasteiger partial charge in [-0.3, -0.25) is 10.1 Å². The molecule has 0 unspecified atom stereocenters. The van der Waals surface area contributed by atoms with Crippen molar-refractivity contribution in [3.05, 3.63) is 66.2 Å². The number of rotatable bonds is 3. The van der Waals surface area contributed by atoms with Gasteiger partial charge in [-0.25, -0.2) is 4.98 Å². The van der Waals surface area contributed by atoms with E-state index in [4.69, 9.17) is 9.72 Å². The first-order valence-corrected chi connectivity index (χ1v) is 9.05. The molecular weight excluding hydrogens is 344 g/mol. The number of nitrogens with one attached hydrogen (secondary N) is 1. The zero-order valence-electron chi connectivity index (χ0n) is 13.9. The summed E-state index contributed by atoms with van der Waals surface area (Å²) in [7, 11) is 1.58. The van der Waals surface area contributed by atoms with E-state index in [1.807, 2.05) is 12.1 Å². The van der Waals surface area contributed by atoms with Crippen LogP contribution in [-0.4, -0.2) is 18.0 Å². The summed E-state index contributed by atoms with van der Waals surface area (Å²) < 4.78 is 5.18. The summed E-state index contributed by atoms with van der Waals surface area (Å²) >= 11 is 1.51. The highest BCUT2D eigenvalue weighted by atomic mass is 32.1. The first kappa shape index (κ1) is 15.1. The molecule has 1 aromatic heterocycles. The molecule has 0 aliphatic heterocycles. The summed E-state index contributed by atoms with van der Waals surface area (Å²) in [6.07, 6.45) is 0. The van der Waals surface area contributed by atoms with E-state index in [0.29, 0.717) is 16.4 Å². The molecule has 1 aliphatic carbocycles. The Labute approximate surface area is 154 Å². The Morgan fingerprint density at radius 2 is 1.81 bits per heavy atom. The van der Waals surface area contributed by atoms with E-state index >= 15 is 0 Å². The van der Waals surface area contributed by atoms with Crippen LogP contribution in [0.25, 0.3) is 32.5 Å². The van der Waals surface area contributed by atoms with Crippen LogP contribution in [0.3, 0.4) is 0 Å². The SMILES string of the molecule is COc1cccc(C(=O)Nc2nc3c(s2)-c2cccc4cccc-3c24)c1. The van der Waals surface area contributed by atoms with Gasteiger partial charge in [0.15, 0.2) is 5.13 Å². The third-order valence-electron chi connectivity index (χ3n) is 4.58. The highest BCUT2D eigenvalue weighted by Crippen LogP contribution is 2.50. The van der Waals surface area contributed by atoms with Gasteiger partial charge in [-0.2, -0.15) is 0 Å². The predicted octanol–water partition coefficient (Wildman–Crippen LogP) is 5.20. The van der Waals surface area contributed by atoms with Gasteiger partial charge in [-0.1, -0.05) is 53.8 Å². The predicted molar refractivity (Wildman–Crippen MR) is 105 cm³/mol. The van der Waals surface area contributed by atoms with Crippen molar-refractivity contribution in [1.82, 2.24) is 4.98 Å². The molecule has 0 saturated carbocycles. The van der Waals surface area contributed by atoms with Gasteiger partial charge in [0.05, 0.1) is 17.7 Å². The van der Waals surface area contributed by atoms with Crippen LogP contribution in [0, 0.1) is 0 Å². The lowest BCUT2D eigenvalue weighted by molar-refractivity contribution is 0.102. The van der Waals surface area contributed by atoms with Crippen molar-refractivity contribution in [2.24, 2.45) is 0 Å². The van der Waals surface area contributed by atoms with Crippen molar-refractivity contribution in [1.29, 1.82) is 0 Å². The number of thiazole rings is 1. The molecule has 0 fully saturated rings. The topological polar surface area (TPSA) is 51.2 Å². The Morgan fingerprint density at radius 3 is 2.62 bits per heavy atom. The minimum absolute atomic E-state index is 0.192. The number of carbonyl (C=O) groups is 1. The average Bonchev–Trinajstić information content (AvgIpc) is 3.22. The maximum Gasteiger partial charge on any atom is 0.257 e. The molecular formula is C21H14N2O2S. The van der Waals surface area contributed by atoms with Gasteiger partial charge in [-0.15, -0.1) is 0 Å². The van der Waals surface area contributed by atoms with Gasteiger partial charge in [0.1, 0.15) is 5.75 Å². The van der Waals surface area contributed by atoms with E-state index in [9.17, 15) is 4.79 Å². The number of hydrogen-bond donors (Lipinski definition) is 1. The highest BCUT2D eigenvalue weighted by molar-refractivity contribution is 7.20. The molecule has 3 aromatic carbocycles. The second kappa shape index (κ2) is 5.68. The largest absolute Gasteiger partial charge is 0.497 e. The number of aromatic nitrogens is 1. The zero-order chi connectivity index (χ0) is 17.7. The number of anilines is 1. The minimum Gasteiger partial charge on any atom is -0.497 e. The van der Waals surface area contributed by atoms with Crippen LogP contribution in [0.1, 0.15) is 10.4 Å². The van der Waals surface area contributed by atoms with Crippen LogP contribution in [0.2, 0.25) is 0 Å². The van der Waals surface area contributed by atoms with Crippen LogP contribution in [0.4, 0.5) is 5.13 Å². The first-order chi connectivity index (χ1) is 12.7. The lowest BCUT2D eigenvalue weighted by atomic mass is 10.0. The fourth-order valence-corrected chi connectivity index (χ4v) is 4.41. The smallest absolute Gasteiger partial charge is 0.257 e. The van der Waals surface area contributed by atoms with Crippen molar-refractivity contribution >= 4 is 33.1 Å². The Balaban J connectivity index is 1.51.